The first-order valence-electron chi connectivity index (χ1n) is 6.04. The van der Waals surface area contributed by atoms with Crippen LogP contribution in [0, 0.1) is 0 Å². The van der Waals surface area contributed by atoms with Crippen LogP contribution in [-0.4, -0.2) is 20.9 Å². The molecule has 0 saturated carbocycles. The molecule has 1 aliphatic heterocycles. The quantitative estimate of drug-likeness (QED) is 0.888. The third-order valence-electron chi connectivity index (χ3n) is 3.31. The van der Waals surface area contributed by atoms with E-state index in [-0.39, 0.29) is 11.2 Å². The van der Waals surface area contributed by atoms with E-state index in [9.17, 15) is 4.79 Å². The van der Waals surface area contributed by atoms with Crippen molar-refractivity contribution in [2.24, 2.45) is 0 Å². The summed E-state index contributed by atoms with van der Waals surface area (Å²) < 4.78 is 0. The average molecular weight is 290 g/mol. The fraction of sp³-hybridized carbons (Fsp3) is 0.231. The van der Waals surface area contributed by atoms with Gasteiger partial charge in [-0.1, -0.05) is 6.07 Å². The number of hydrogen-bond acceptors (Lipinski definition) is 5. The largest absolute Gasteiger partial charge is 0.325 e. The first kappa shape index (κ1) is 12.8. The van der Waals surface area contributed by atoms with Crippen molar-refractivity contribution in [2.75, 3.05) is 10.6 Å². The molecule has 0 fully saturated rings. The number of rotatable bonds is 2. The number of anilines is 3. The molecule has 0 spiro atoms. The van der Waals surface area contributed by atoms with Gasteiger partial charge in [0.05, 0.1) is 5.41 Å². The second kappa shape index (κ2) is 4.42. The highest BCUT2D eigenvalue weighted by atomic mass is 35.5. The Kier molecular flexibility index (Phi) is 2.83. The topological polar surface area (TPSA) is 79.8 Å². The van der Waals surface area contributed by atoms with Gasteiger partial charge in [-0.2, -0.15) is 4.98 Å². The van der Waals surface area contributed by atoms with Gasteiger partial charge in [0.15, 0.2) is 0 Å². The summed E-state index contributed by atoms with van der Waals surface area (Å²) in [5.74, 6) is 0.349. The molecule has 0 saturated heterocycles. The fourth-order valence-corrected chi connectivity index (χ4v) is 2.26. The van der Waals surface area contributed by atoms with Crippen LogP contribution < -0.4 is 10.6 Å². The molecule has 2 heterocycles. The Bertz CT molecular complexity index is 701. The highest BCUT2D eigenvalue weighted by Crippen LogP contribution is 2.38. The molecule has 0 atom stereocenters. The summed E-state index contributed by atoms with van der Waals surface area (Å²) >= 11 is 5.70. The van der Waals surface area contributed by atoms with E-state index in [1.165, 1.54) is 6.33 Å². The minimum absolute atomic E-state index is 0.00662. The molecule has 0 bridgehead atoms. The van der Waals surface area contributed by atoms with Crippen LogP contribution in [0.1, 0.15) is 19.4 Å². The van der Waals surface area contributed by atoms with E-state index in [1.807, 2.05) is 32.0 Å². The number of halogens is 1. The van der Waals surface area contributed by atoms with Gasteiger partial charge in [0.2, 0.25) is 17.1 Å². The SMILES string of the molecule is CC1(C)C(=O)Nc2cc(Nc3ncnc(Cl)n3)ccc21. The normalized spacial score (nSPS) is 15.7. The number of carbonyl (C=O) groups excluding carboxylic acids is 1. The van der Waals surface area contributed by atoms with Crippen molar-refractivity contribution in [3.63, 3.8) is 0 Å². The molecule has 20 heavy (non-hydrogen) atoms. The van der Waals surface area contributed by atoms with Crippen molar-refractivity contribution in [2.45, 2.75) is 19.3 Å². The van der Waals surface area contributed by atoms with Gasteiger partial charge in [0.25, 0.3) is 0 Å². The smallest absolute Gasteiger partial charge is 0.234 e. The maximum Gasteiger partial charge on any atom is 0.234 e. The first-order valence-corrected chi connectivity index (χ1v) is 6.42. The van der Waals surface area contributed by atoms with Crippen molar-refractivity contribution in [3.8, 4) is 0 Å². The molecule has 3 rings (SSSR count). The number of nitrogens with zero attached hydrogens (tertiary/aromatic N) is 3. The molecule has 1 amide bonds. The van der Waals surface area contributed by atoms with E-state index in [2.05, 4.69) is 25.6 Å². The summed E-state index contributed by atoms with van der Waals surface area (Å²) in [7, 11) is 0. The Labute approximate surface area is 120 Å². The summed E-state index contributed by atoms with van der Waals surface area (Å²) in [4.78, 5) is 23.5. The molecule has 0 radical (unpaired) electrons. The van der Waals surface area contributed by atoms with Crippen LogP contribution in [0.4, 0.5) is 17.3 Å². The van der Waals surface area contributed by atoms with Gasteiger partial charge in [0.1, 0.15) is 6.33 Å². The number of aromatic nitrogens is 3. The summed E-state index contributed by atoms with van der Waals surface area (Å²) in [6.07, 6.45) is 1.33. The summed E-state index contributed by atoms with van der Waals surface area (Å²) in [6.45, 7) is 3.79. The second-order valence-electron chi connectivity index (χ2n) is 5.04. The van der Waals surface area contributed by atoms with E-state index in [0.29, 0.717) is 5.95 Å². The zero-order valence-electron chi connectivity index (χ0n) is 10.9. The lowest BCUT2D eigenvalue weighted by Gasteiger charge is -2.15. The van der Waals surface area contributed by atoms with E-state index in [0.717, 1.165) is 16.9 Å². The number of amides is 1. The molecule has 2 N–H and O–H groups in total. The Balaban J connectivity index is 1.91. The zero-order valence-corrected chi connectivity index (χ0v) is 11.7. The van der Waals surface area contributed by atoms with E-state index in [4.69, 9.17) is 11.6 Å². The Morgan fingerprint density at radius 3 is 2.85 bits per heavy atom. The number of hydrogen-bond donors (Lipinski definition) is 2. The van der Waals surface area contributed by atoms with Crippen LogP contribution in [0.5, 0.6) is 0 Å². The van der Waals surface area contributed by atoms with E-state index >= 15 is 0 Å². The molecule has 1 aromatic heterocycles. The third kappa shape index (κ3) is 2.08. The molecule has 2 aromatic rings. The highest BCUT2D eigenvalue weighted by molar-refractivity contribution is 6.28. The predicted octanol–water partition coefficient (Wildman–Crippen LogP) is 2.50. The molecule has 1 aliphatic rings. The number of fused-ring (bicyclic) bond motifs is 1. The van der Waals surface area contributed by atoms with E-state index in [1.54, 1.807) is 0 Å². The van der Waals surface area contributed by atoms with Crippen molar-refractivity contribution in [1.29, 1.82) is 0 Å². The third-order valence-corrected chi connectivity index (χ3v) is 3.49. The van der Waals surface area contributed by atoms with Gasteiger partial charge in [0, 0.05) is 11.4 Å². The maximum absolute atomic E-state index is 11.9. The monoisotopic (exact) mass is 289 g/mol. The van der Waals surface area contributed by atoms with Crippen LogP contribution in [0.15, 0.2) is 24.5 Å². The number of benzene rings is 1. The molecular weight excluding hydrogens is 278 g/mol. The lowest BCUT2D eigenvalue weighted by Crippen LogP contribution is -2.26. The summed E-state index contributed by atoms with van der Waals surface area (Å²) in [6, 6.07) is 5.64. The Hall–Kier alpha value is -2.21. The molecule has 0 aliphatic carbocycles. The van der Waals surface area contributed by atoms with Crippen LogP contribution in [0.3, 0.4) is 0 Å². The van der Waals surface area contributed by atoms with E-state index < -0.39 is 5.41 Å². The van der Waals surface area contributed by atoms with Crippen LogP contribution in [0.25, 0.3) is 0 Å². The minimum Gasteiger partial charge on any atom is -0.325 e. The molecule has 7 heteroatoms. The van der Waals surface area contributed by atoms with Crippen molar-refractivity contribution < 1.29 is 4.79 Å². The van der Waals surface area contributed by atoms with Gasteiger partial charge in [-0.25, -0.2) is 9.97 Å². The maximum atomic E-state index is 11.9. The van der Waals surface area contributed by atoms with Crippen LogP contribution in [0.2, 0.25) is 5.28 Å². The number of nitrogens with one attached hydrogen (secondary N) is 2. The minimum atomic E-state index is -0.510. The van der Waals surface area contributed by atoms with Crippen molar-refractivity contribution in [3.05, 3.63) is 35.4 Å². The standard InChI is InChI=1S/C13H12ClN5O/c1-13(2)8-4-3-7(5-9(8)18-10(13)20)17-12-16-6-15-11(14)19-12/h3-6H,1-2H3,(H,18,20)(H,15,16,17,19). The lowest BCUT2D eigenvalue weighted by atomic mass is 9.86. The second-order valence-corrected chi connectivity index (χ2v) is 5.38. The van der Waals surface area contributed by atoms with Crippen LogP contribution in [-0.2, 0) is 10.2 Å². The molecule has 102 valence electrons. The zero-order chi connectivity index (χ0) is 14.3. The fourth-order valence-electron chi connectivity index (χ4n) is 2.14. The van der Waals surface area contributed by atoms with Gasteiger partial charge >= 0.3 is 0 Å². The molecule has 0 unspecified atom stereocenters. The lowest BCUT2D eigenvalue weighted by molar-refractivity contribution is -0.119. The molecule has 6 nitrogen and oxygen atoms in total. The summed E-state index contributed by atoms with van der Waals surface area (Å²) in [5.41, 5.74) is 2.03. The molecule has 1 aromatic carbocycles. The molecular formula is C13H12ClN5O. The summed E-state index contributed by atoms with van der Waals surface area (Å²) in [5, 5.41) is 6.01. The van der Waals surface area contributed by atoms with Crippen molar-refractivity contribution in [1.82, 2.24) is 15.0 Å². The van der Waals surface area contributed by atoms with Gasteiger partial charge < -0.3 is 10.6 Å². The van der Waals surface area contributed by atoms with Crippen LogP contribution >= 0.6 is 11.6 Å². The van der Waals surface area contributed by atoms with Crippen molar-refractivity contribution >= 4 is 34.8 Å². The first-order chi connectivity index (χ1) is 9.46. The Morgan fingerprint density at radius 1 is 1.30 bits per heavy atom. The van der Waals surface area contributed by atoms with Gasteiger partial charge in [-0.05, 0) is 43.1 Å². The van der Waals surface area contributed by atoms with Gasteiger partial charge in [-0.15, -0.1) is 0 Å². The number of carbonyl (C=O) groups is 1. The Morgan fingerprint density at radius 2 is 2.10 bits per heavy atom. The highest BCUT2D eigenvalue weighted by Gasteiger charge is 2.38. The van der Waals surface area contributed by atoms with Gasteiger partial charge in [-0.3, -0.25) is 4.79 Å². The predicted molar refractivity (Wildman–Crippen MR) is 76.2 cm³/mol. The average Bonchev–Trinajstić information content (AvgIpc) is 2.60.